The Morgan fingerprint density at radius 3 is 2.74 bits per heavy atom. The smallest absolute Gasteiger partial charge is 0.297 e. The van der Waals surface area contributed by atoms with Gasteiger partial charge < -0.3 is 14.6 Å². The quantitative estimate of drug-likeness (QED) is 0.900. The molecule has 1 aliphatic rings. The van der Waals surface area contributed by atoms with Crippen LogP contribution in [0.25, 0.3) is 0 Å². The number of nitrogens with zero attached hydrogens (tertiary/aromatic N) is 2. The molecule has 19 heavy (non-hydrogen) atoms. The van der Waals surface area contributed by atoms with Crippen LogP contribution in [0.3, 0.4) is 0 Å². The van der Waals surface area contributed by atoms with E-state index in [-0.39, 0.29) is 0 Å². The lowest BCUT2D eigenvalue weighted by atomic mass is 10.2. The Labute approximate surface area is 120 Å². The highest BCUT2D eigenvalue weighted by atomic mass is 32.2. The lowest BCUT2D eigenvalue weighted by Gasteiger charge is -2.33. The second-order valence-electron chi connectivity index (χ2n) is 5.81. The molecule has 1 aromatic heterocycles. The summed E-state index contributed by atoms with van der Waals surface area (Å²) in [5.41, 5.74) is 0.995. The number of rotatable bonds is 5. The van der Waals surface area contributed by atoms with Crippen molar-refractivity contribution < 1.29 is 4.42 Å². The van der Waals surface area contributed by atoms with E-state index >= 15 is 0 Å². The Balaban J connectivity index is 1.89. The van der Waals surface area contributed by atoms with E-state index in [0.717, 1.165) is 37.9 Å². The van der Waals surface area contributed by atoms with Crippen molar-refractivity contribution in [3.63, 3.8) is 0 Å². The van der Waals surface area contributed by atoms with E-state index in [2.05, 4.69) is 42.9 Å². The van der Waals surface area contributed by atoms with Gasteiger partial charge >= 0.3 is 0 Å². The van der Waals surface area contributed by atoms with Crippen molar-refractivity contribution in [2.75, 3.05) is 24.5 Å². The van der Waals surface area contributed by atoms with E-state index in [1.807, 2.05) is 11.8 Å². The molecule has 0 saturated carbocycles. The third kappa shape index (κ3) is 4.42. The van der Waals surface area contributed by atoms with Gasteiger partial charge in [0.15, 0.2) is 0 Å². The van der Waals surface area contributed by atoms with Crippen molar-refractivity contribution in [3.05, 3.63) is 12.0 Å². The minimum atomic E-state index is 0.637. The van der Waals surface area contributed by atoms with Gasteiger partial charge in [0.25, 0.3) is 6.01 Å². The first-order valence-corrected chi connectivity index (χ1v) is 8.04. The van der Waals surface area contributed by atoms with Crippen molar-refractivity contribution in [1.82, 2.24) is 10.3 Å². The maximum Gasteiger partial charge on any atom is 0.297 e. The van der Waals surface area contributed by atoms with E-state index in [4.69, 9.17) is 4.42 Å². The molecule has 2 rings (SSSR count). The fraction of sp³-hybridized carbons (Fsp3) is 0.786. The number of aromatic nitrogens is 1. The first kappa shape index (κ1) is 14.7. The van der Waals surface area contributed by atoms with Crippen LogP contribution in [0.4, 0.5) is 6.01 Å². The third-order valence-corrected chi connectivity index (χ3v) is 4.32. The maximum atomic E-state index is 5.62. The molecule has 1 fully saturated rings. The molecule has 1 N–H and O–H groups in total. The summed E-state index contributed by atoms with van der Waals surface area (Å²) in [6.07, 6.45) is 1.78. The van der Waals surface area contributed by atoms with Crippen LogP contribution in [0.15, 0.2) is 10.7 Å². The molecule has 0 aromatic carbocycles. The minimum Gasteiger partial charge on any atom is -0.432 e. The van der Waals surface area contributed by atoms with Crippen molar-refractivity contribution in [1.29, 1.82) is 0 Å². The van der Waals surface area contributed by atoms with Gasteiger partial charge in [0, 0.05) is 30.1 Å². The first-order chi connectivity index (χ1) is 9.04. The standard InChI is InChI=1S/C14H25N3OS/c1-10(2)5-15-6-13-9-18-14(16-13)17-7-11(3)19-12(4)8-17/h9-12,15H,5-8H2,1-4H3. The molecule has 0 aliphatic carbocycles. The summed E-state index contributed by atoms with van der Waals surface area (Å²) in [7, 11) is 0. The molecule has 2 unspecified atom stereocenters. The summed E-state index contributed by atoms with van der Waals surface area (Å²) in [5, 5.41) is 4.66. The fourth-order valence-corrected chi connectivity index (χ4v) is 3.67. The molecule has 1 aliphatic heterocycles. The Morgan fingerprint density at radius 1 is 1.42 bits per heavy atom. The van der Waals surface area contributed by atoms with Crippen molar-refractivity contribution in [3.8, 4) is 0 Å². The zero-order chi connectivity index (χ0) is 13.8. The summed E-state index contributed by atoms with van der Waals surface area (Å²) in [6, 6.07) is 0.778. The topological polar surface area (TPSA) is 41.3 Å². The normalized spacial score (nSPS) is 24.2. The predicted octanol–water partition coefficient (Wildman–Crippen LogP) is 2.75. The minimum absolute atomic E-state index is 0.637. The largest absolute Gasteiger partial charge is 0.432 e. The number of thioether (sulfide) groups is 1. The monoisotopic (exact) mass is 283 g/mol. The Morgan fingerprint density at radius 2 is 2.11 bits per heavy atom. The lowest BCUT2D eigenvalue weighted by Crippen LogP contribution is -2.40. The number of nitrogens with one attached hydrogen (secondary N) is 1. The van der Waals surface area contributed by atoms with Crippen LogP contribution < -0.4 is 10.2 Å². The second kappa shape index (κ2) is 6.66. The molecule has 108 valence electrons. The highest BCUT2D eigenvalue weighted by molar-refractivity contribution is 8.00. The summed E-state index contributed by atoms with van der Waals surface area (Å²) in [6.45, 7) is 12.8. The van der Waals surface area contributed by atoms with Crippen LogP contribution in [-0.4, -0.2) is 35.1 Å². The maximum absolute atomic E-state index is 5.62. The lowest BCUT2D eigenvalue weighted by molar-refractivity contribution is 0.523. The summed E-state index contributed by atoms with van der Waals surface area (Å²) < 4.78 is 5.62. The zero-order valence-corrected chi connectivity index (χ0v) is 13.2. The number of hydrogen-bond acceptors (Lipinski definition) is 5. The molecular weight excluding hydrogens is 258 g/mol. The van der Waals surface area contributed by atoms with Crippen molar-refractivity contribution in [2.24, 2.45) is 5.92 Å². The fourth-order valence-electron chi connectivity index (χ4n) is 2.35. The molecular formula is C14H25N3OS. The Bertz CT molecular complexity index is 384. The molecule has 2 heterocycles. The average Bonchev–Trinajstić information content (AvgIpc) is 2.76. The van der Waals surface area contributed by atoms with Crippen LogP contribution in [0.2, 0.25) is 0 Å². The first-order valence-electron chi connectivity index (χ1n) is 7.10. The Hall–Kier alpha value is -0.680. The van der Waals surface area contributed by atoms with Gasteiger partial charge in [0.1, 0.15) is 6.26 Å². The van der Waals surface area contributed by atoms with Gasteiger partial charge in [-0.1, -0.05) is 27.7 Å². The van der Waals surface area contributed by atoms with Crippen LogP contribution >= 0.6 is 11.8 Å². The highest BCUT2D eigenvalue weighted by Gasteiger charge is 2.25. The van der Waals surface area contributed by atoms with E-state index in [9.17, 15) is 0 Å². The second-order valence-corrected chi connectivity index (χ2v) is 7.69. The molecule has 5 heteroatoms. The summed E-state index contributed by atoms with van der Waals surface area (Å²) in [5.74, 6) is 0.659. The van der Waals surface area contributed by atoms with Crippen LogP contribution in [0, 0.1) is 5.92 Å². The van der Waals surface area contributed by atoms with E-state index in [1.54, 1.807) is 6.26 Å². The van der Waals surface area contributed by atoms with Gasteiger partial charge in [-0.05, 0) is 12.5 Å². The average molecular weight is 283 g/mol. The molecule has 4 nitrogen and oxygen atoms in total. The zero-order valence-electron chi connectivity index (χ0n) is 12.3. The van der Waals surface area contributed by atoms with Gasteiger partial charge in [-0.15, -0.1) is 0 Å². The van der Waals surface area contributed by atoms with E-state index in [1.165, 1.54) is 0 Å². The molecule has 0 amide bonds. The summed E-state index contributed by atoms with van der Waals surface area (Å²) in [4.78, 5) is 6.85. The predicted molar refractivity (Wildman–Crippen MR) is 81.8 cm³/mol. The number of hydrogen-bond donors (Lipinski definition) is 1. The van der Waals surface area contributed by atoms with Gasteiger partial charge in [-0.3, -0.25) is 0 Å². The molecule has 0 radical (unpaired) electrons. The van der Waals surface area contributed by atoms with Gasteiger partial charge in [-0.25, -0.2) is 0 Å². The van der Waals surface area contributed by atoms with Gasteiger partial charge in [-0.2, -0.15) is 16.7 Å². The third-order valence-electron chi connectivity index (χ3n) is 3.09. The van der Waals surface area contributed by atoms with Crippen LogP contribution in [0.5, 0.6) is 0 Å². The van der Waals surface area contributed by atoms with Crippen molar-refractivity contribution >= 4 is 17.8 Å². The molecule has 0 spiro atoms. The molecule has 0 bridgehead atoms. The van der Waals surface area contributed by atoms with Gasteiger partial charge in [0.2, 0.25) is 0 Å². The number of oxazole rings is 1. The SMILES string of the molecule is CC(C)CNCc1coc(N2CC(C)SC(C)C2)n1. The number of anilines is 1. The van der Waals surface area contributed by atoms with E-state index in [0.29, 0.717) is 16.4 Å². The molecule has 1 saturated heterocycles. The van der Waals surface area contributed by atoms with E-state index < -0.39 is 0 Å². The highest BCUT2D eigenvalue weighted by Crippen LogP contribution is 2.28. The van der Waals surface area contributed by atoms with Crippen LogP contribution in [0.1, 0.15) is 33.4 Å². The summed E-state index contributed by atoms with van der Waals surface area (Å²) >= 11 is 2.04. The van der Waals surface area contributed by atoms with Crippen molar-refractivity contribution in [2.45, 2.75) is 44.7 Å². The van der Waals surface area contributed by atoms with Gasteiger partial charge in [0.05, 0.1) is 5.69 Å². The Kier molecular flexibility index (Phi) is 5.16. The molecule has 1 aromatic rings. The molecule has 2 atom stereocenters. The van der Waals surface area contributed by atoms with Crippen LogP contribution in [-0.2, 0) is 6.54 Å².